The number of nitrogens with one attached hydrogen (secondary N) is 1. The maximum Gasteiger partial charge on any atom is 0.110 e. The summed E-state index contributed by atoms with van der Waals surface area (Å²) < 4.78 is 2.43. The number of rotatable bonds is 4. The first kappa shape index (κ1) is 13.6. The molecular formula is C17H25N3. The van der Waals surface area contributed by atoms with E-state index in [4.69, 9.17) is 4.98 Å². The summed E-state index contributed by atoms with van der Waals surface area (Å²) in [5.74, 6) is 2.80. The molecule has 0 bridgehead atoms. The highest BCUT2D eigenvalue weighted by molar-refractivity contribution is 5.75. The Morgan fingerprint density at radius 3 is 3.00 bits per heavy atom. The average molecular weight is 271 g/mol. The molecule has 3 heteroatoms. The van der Waals surface area contributed by atoms with E-state index in [2.05, 4.69) is 48.0 Å². The summed E-state index contributed by atoms with van der Waals surface area (Å²) in [6, 6.07) is 8.54. The number of aromatic nitrogens is 2. The predicted octanol–water partition coefficient (Wildman–Crippen LogP) is 3.23. The van der Waals surface area contributed by atoms with Crippen LogP contribution in [-0.2, 0) is 13.0 Å². The fraction of sp³-hybridized carbons (Fsp3) is 0.588. The third-order valence-corrected chi connectivity index (χ3v) is 4.59. The number of hydrogen-bond acceptors (Lipinski definition) is 2. The minimum atomic E-state index is 0.749. The number of hydrogen-bond donors (Lipinski definition) is 1. The second-order valence-electron chi connectivity index (χ2n) is 6.10. The Morgan fingerprint density at radius 2 is 2.20 bits per heavy atom. The van der Waals surface area contributed by atoms with Gasteiger partial charge in [0.15, 0.2) is 0 Å². The molecule has 0 aliphatic carbocycles. The summed E-state index contributed by atoms with van der Waals surface area (Å²) in [7, 11) is 0. The number of imidazole rings is 1. The van der Waals surface area contributed by atoms with Crippen LogP contribution >= 0.6 is 0 Å². The van der Waals surface area contributed by atoms with Gasteiger partial charge in [-0.25, -0.2) is 4.98 Å². The third-order valence-electron chi connectivity index (χ3n) is 4.59. The van der Waals surface area contributed by atoms with Crippen molar-refractivity contribution in [1.29, 1.82) is 0 Å². The van der Waals surface area contributed by atoms with Gasteiger partial charge in [-0.2, -0.15) is 0 Å². The minimum absolute atomic E-state index is 0.749. The zero-order chi connectivity index (χ0) is 13.9. The molecule has 1 aromatic heterocycles. The number of benzene rings is 1. The van der Waals surface area contributed by atoms with Crippen molar-refractivity contribution in [2.45, 2.75) is 39.7 Å². The zero-order valence-electron chi connectivity index (χ0n) is 12.6. The number of para-hydroxylation sites is 2. The van der Waals surface area contributed by atoms with Crippen molar-refractivity contribution >= 4 is 11.0 Å². The molecule has 1 aromatic carbocycles. The molecule has 0 saturated carbocycles. The van der Waals surface area contributed by atoms with Gasteiger partial charge in [-0.05, 0) is 49.9 Å². The number of aryl methyl sites for hydroxylation is 1. The molecule has 0 spiro atoms. The first-order valence-corrected chi connectivity index (χ1v) is 7.94. The van der Waals surface area contributed by atoms with Gasteiger partial charge in [0.1, 0.15) is 5.82 Å². The van der Waals surface area contributed by atoms with Gasteiger partial charge in [-0.1, -0.05) is 26.0 Å². The Hall–Kier alpha value is -1.35. The van der Waals surface area contributed by atoms with E-state index in [1.165, 1.54) is 17.8 Å². The van der Waals surface area contributed by atoms with Crippen molar-refractivity contribution in [1.82, 2.24) is 14.9 Å². The predicted molar refractivity (Wildman–Crippen MR) is 83.9 cm³/mol. The van der Waals surface area contributed by atoms with Crippen molar-refractivity contribution in [2.75, 3.05) is 13.1 Å². The highest BCUT2D eigenvalue weighted by Gasteiger charge is 2.23. The van der Waals surface area contributed by atoms with E-state index < -0.39 is 0 Å². The van der Waals surface area contributed by atoms with Gasteiger partial charge in [0.2, 0.25) is 0 Å². The van der Waals surface area contributed by atoms with Gasteiger partial charge in [-0.15, -0.1) is 0 Å². The first-order chi connectivity index (χ1) is 9.79. The molecule has 1 N–H and O–H groups in total. The fourth-order valence-electron chi connectivity index (χ4n) is 3.36. The van der Waals surface area contributed by atoms with E-state index in [0.29, 0.717) is 0 Å². The van der Waals surface area contributed by atoms with Gasteiger partial charge in [0.25, 0.3) is 0 Å². The first-order valence-electron chi connectivity index (χ1n) is 7.94. The van der Waals surface area contributed by atoms with Crippen LogP contribution < -0.4 is 5.32 Å². The maximum absolute atomic E-state index is 4.90. The van der Waals surface area contributed by atoms with Gasteiger partial charge >= 0.3 is 0 Å². The number of nitrogens with zero attached hydrogens (tertiary/aromatic N) is 2. The van der Waals surface area contributed by atoms with Crippen LogP contribution in [0.5, 0.6) is 0 Å². The Bertz CT molecular complexity index is 573. The van der Waals surface area contributed by atoms with Gasteiger partial charge in [0.05, 0.1) is 11.0 Å². The summed E-state index contributed by atoms with van der Waals surface area (Å²) >= 11 is 0. The van der Waals surface area contributed by atoms with Gasteiger partial charge < -0.3 is 9.88 Å². The molecule has 3 nitrogen and oxygen atoms in total. The van der Waals surface area contributed by atoms with Crippen LogP contribution in [0.3, 0.4) is 0 Å². The van der Waals surface area contributed by atoms with Gasteiger partial charge in [-0.3, -0.25) is 0 Å². The minimum Gasteiger partial charge on any atom is -0.328 e. The molecule has 2 atom stereocenters. The van der Waals surface area contributed by atoms with E-state index in [0.717, 1.165) is 49.8 Å². The highest BCUT2D eigenvalue weighted by Crippen LogP contribution is 2.25. The van der Waals surface area contributed by atoms with E-state index in [1.54, 1.807) is 0 Å². The largest absolute Gasteiger partial charge is 0.328 e. The Morgan fingerprint density at radius 1 is 1.35 bits per heavy atom. The molecule has 1 saturated heterocycles. The fourth-order valence-corrected chi connectivity index (χ4v) is 3.36. The van der Waals surface area contributed by atoms with Crippen LogP contribution in [0.15, 0.2) is 24.3 Å². The third kappa shape index (κ3) is 2.59. The van der Waals surface area contributed by atoms with Crippen molar-refractivity contribution < 1.29 is 0 Å². The summed E-state index contributed by atoms with van der Waals surface area (Å²) in [5.41, 5.74) is 2.45. The molecule has 3 rings (SSSR count). The molecule has 2 heterocycles. The molecule has 1 aliphatic rings. The molecule has 0 radical (unpaired) electrons. The number of piperidine rings is 1. The molecule has 1 aliphatic heterocycles. The highest BCUT2D eigenvalue weighted by atomic mass is 15.1. The number of fused-ring (bicyclic) bond motifs is 1. The standard InChI is InChI=1S/C17H25N3/c1-3-10-20-16-7-5-4-6-15(16)19-17(20)11-14-8-9-18-12-13(14)2/h4-7,13-14,18H,3,8-12H2,1-2H3. The second-order valence-corrected chi connectivity index (χ2v) is 6.10. The molecule has 2 aromatic rings. The van der Waals surface area contributed by atoms with E-state index >= 15 is 0 Å². The van der Waals surface area contributed by atoms with Crippen LogP contribution in [-0.4, -0.2) is 22.6 Å². The van der Waals surface area contributed by atoms with Crippen LogP contribution in [0, 0.1) is 11.8 Å². The summed E-state index contributed by atoms with van der Waals surface area (Å²) in [6.07, 6.45) is 3.56. The summed E-state index contributed by atoms with van der Waals surface area (Å²) in [5, 5.41) is 3.49. The topological polar surface area (TPSA) is 29.9 Å². The van der Waals surface area contributed by atoms with Crippen molar-refractivity contribution in [3.63, 3.8) is 0 Å². The lowest BCUT2D eigenvalue weighted by Gasteiger charge is -2.29. The second kappa shape index (κ2) is 5.96. The van der Waals surface area contributed by atoms with Crippen LogP contribution in [0.1, 0.15) is 32.5 Å². The normalized spacial score (nSPS) is 23.3. The van der Waals surface area contributed by atoms with Crippen molar-refractivity contribution in [3.05, 3.63) is 30.1 Å². The molecule has 2 unspecified atom stereocenters. The lowest BCUT2D eigenvalue weighted by atomic mass is 9.85. The smallest absolute Gasteiger partial charge is 0.110 e. The SMILES string of the molecule is CCCn1c(CC2CCNCC2C)nc2ccccc21. The Labute approximate surface area is 121 Å². The van der Waals surface area contributed by atoms with Gasteiger partial charge in [0, 0.05) is 13.0 Å². The summed E-state index contributed by atoms with van der Waals surface area (Å²) in [6.45, 7) is 7.99. The lowest BCUT2D eigenvalue weighted by molar-refractivity contribution is 0.266. The maximum atomic E-state index is 4.90. The monoisotopic (exact) mass is 271 g/mol. The molecule has 108 valence electrons. The zero-order valence-corrected chi connectivity index (χ0v) is 12.6. The molecule has 0 amide bonds. The van der Waals surface area contributed by atoms with E-state index in [-0.39, 0.29) is 0 Å². The Balaban J connectivity index is 1.91. The average Bonchev–Trinajstić information content (AvgIpc) is 2.80. The van der Waals surface area contributed by atoms with E-state index in [9.17, 15) is 0 Å². The van der Waals surface area contributed by atoms with Crippen molar-refractivity contribution in [3.8, 4) is 0 Å². The van der Waals surface area contributed by atoms with Crippen LogP contribution in [0.2, 0.25) is 0 Å². The summed E-state index contributed by atoms with van der Waals surface area (Å²) in [4.78, 5) is 4.90. The van der Waals surface area contributed by atoms with E-state index in [1.807, 2.05) is 0 Å². The van der Waals surface area contributed by atoms with Crippen molar-refractivity contribution in [2.24, 2.45) is 11.8 Å². The molecular weight excluding hydrogens is 246 g/mol. The Kier molecular flexibility index (Phi) is 4.06. The molecule has 1 fully saturated rings. The lowest BCUT2D eigenvalue weighted by Crippen LogP contribution is -2.36. The molecule has 20 heavy (non-hydrogen) atoms. The van der Waals surface area contributed by atoms with Crippen LogP contribution in [0.4, 0.5) is 0 Å². The van der Waals surface area contributed by atoms with Crippen LogP contribution in [0.25, 0.3) is 11.0 Å². The quantitative estimate of drug-likeness (QED) is 0.925.